The van der Waals surface area contributed by atoms with Crippen molar-refractivity contribution >= 4 is 0 Å². The largest absolute Gasteiger partial charge is 0.391 e. The third-order valence-electron chi connectivity index (χ3n) is 2.62. The summed E-state index contributed by atoms with van der Waals surface area (Å²) < 4.78 is 0.810. The van der Waals surface area contributed by atoms with Gasteiger partial charge in [0.05, 0.1) is 20.2 Å². The Labute approximate surface area is 92.1 Å². The number of hydrogen-bond acceptors (Lipinski definition) is 1. The lowest BCUT2D eigenvalue weighted by Crippen LogP contribution is -2.45. The molecule has 1 rings (SSSR count). The number of nitrogens with zero attached hydrogens (tertiary/aromatic N) is 1. The Morgan fingerprint density at radius 1 is 1.33 bits per heavy atom. The van der Waals surface area contributed by atoms with Gasteiger partial charge in [-0.2, -0.15) is 0 Å². The molecule has 0 aliphatic carbocycles. The zero-order valence-corrected chi connectivity index (χ0v) is 9.39. The minimum atomic E-state index is 0.219. The van der Waals surface area contributed by atoms with Crippen molar-refractivity contribution in [2.24, 2.45) is 0 Å². The van der Waals surface area contributed by atoms with Crippen molar-refractivity contribution in [2.45, 2.75) is 6.54 Å². The van der Waals surface area contributed by atoms with Gasteiger partial charge >= 0.3 is 0 Å². The summed E-state index contributed by atoms with van der Waals surface area (Å²) in [5, 5.41) is 9.06. The smallest absolute Gasteiger partial charge is 0.104 e. The number of likely N-dealkylation sites (N-methyl/N-ethyl adjacent to an activating group) is 1. The van der Waals surface area contributed by atoms with Crippen LogP contribution in [0.25, 0.3) is 0 Å². The Balaban J connectivity index is 2.70. The van der Waals surface area contributed by atoms with Gasteiger partial charge in [-0.1, -0.05) is 36.9 Å². The maximum atomic E-state index is 9.06. The van der Waals surface area contributed by atoms with Gasteiger partial charge in [0, 0.05) is 5.56 Å². The summed E-state index contributed by atoms with van der Waals surface area (Å²) in [5.74, 6) is 0. The third kappa shape index (κ3) is 3.86. The Morgan fingerprint density at radius 2 is 2.00 bits per heavy atom. The van der Waals surface area contributed by atoms with Crippen LogP contribution < -0.4 is 0 Å². The Morgan fingerprint density at radius 3 is 2.53 bits per heavy atom. The summed E-state index contributed by atoms with van der Waals surface area (Å²) in [6, 6.07) is 10.4. The molecular weight excluding hydrogens is 186 g/mol. The molecule has 0 heterocycles. The van der Waals surface area contributed by atoms with Gasteiger partial charge in [-0.05, 0) is 6.08 Å². The van der Waals surface area contributed by atoms with Gasteiger partial charge < -0.3 is 9.59 Å². The average molecular weight is 206 g/mol. The highest BCUT2D eigenvalue weighted by atomic mass is 16.3. The lowest BCUT2D eigenvalue weighted by molar-refractivity contribution is -0.917. The van der Waals surface area contributed by atoms with Crippen LogP contribution in [0.2, 0.25) is 0 Å². The van der Waals surface area contributed by atoms with Gasteiger partial charge in [-0.25, -0.2) is 0 Å². The molecule has 2 heteroatoms. The molecule has 0 aliphatic rings. The number of aliphatic hydroxyl groups excluding tert-OH is 1. The van der Waals surface area contributed by atoms with E-state index in [9.17, 15) is 0 Å². The maximum absolute atomic E-state index is 9.06. The van der Waals surface area contributed by atoms with Crippen molar-refractivity contribution in [3.63, 3.8) is 0 Å². The molecule has 0 radical (unpaired) electrons. The minimum Gasteiger partial charge on any atom is -0.391 e. The molecule has 15 heavy (non-hydrogen) atoms. The van der Waals surface area contributed by atoms with Gasteiger partial charge in [0.2, 0.25) is 0 Å². The number of benzene rings is 1. The van der Waals surface area contributed by atoms with Crippen molar-refractivity contribution in [2.75, 3.05) is 26.7 Å². The molecule has 2 nitrogen and oxygen atoms in total. The summed E-state index contributed by atoms with van der Waals surface area (Å²) in [6.45, 7) is 6.58. The lowest BCUT2D eigenvalue weighted by atomic mass is 10.2. The number of hydrogen-bond donors (Lipinski definition) is 1. The molecule has 1 atom stereocenters. The zero-order valence-electron chi connectivity index (χ0n) is 9.39. The second-order valence-electron chi connectivity index (χ2n) is 4.18. The van der Waals surface area contributed by atoms with E-state index in [-0.39, 0.29) is 6.61 Å². The highest BCUT2D eigenvalue weighted by Gasteiger charge is 2.19. The topological polar surface area (TPSA) is 20.2 Å². The molecule has 0 fully saturated rings. The van der Waals surface area contributed by atoms with Crippen molar-refractivity contribution in [1.29, 1.82) is 0 Å². The molecule has 1 aromatic carbocycles. The van der Waals surface area contributed by atoms with E-state index in [2.05, 4.69) is 25.8 Å². The Hall–Kier alpha value is -1.12. The van der Waals surface area contributed by atoms with Gasteiger partial charge in [0.1, 0.15) is 13.1 Å². The normalized spacial score (nSPS) is 14.5. The van der Waals surface area contributed by atoms with E-state index in [0.717, 1.165) is 24.1 Å². The summed E-state index contributed by atoms with van der Waals surface area (Å²) in [5.41, 5.74) is 1.30. The van der Waals surface area contributed by atoms with Crippen molar-refractivity contribution in [1.82, 2.24) is 0 Å². The number of quaternary nitrogens is 1. The predicted octanol–water partition coefficient (Wildman–Crippen LogP) is 1.81. The molecule has 0 spiro atoms. The summed E-state index contributed by atoms with van der Waals surface area (Å²) in [7, 11) is 2.14. The van der Waals surface area contributed by atoms with Crippen LogP contribution in [0.5, 0.6) is 0 Å². The molecule has 0 unspecified atom stereocenters. The molecule has 1 aromatic rings. The van der Waals surface area contributed by atoms with E-state index in [1.807, 2.05) is 24.3 Å². The summed E-state index contributed by atoms with van der Waals surface area (Å²) in [6.07, 6.45) is 1.92. The third-order valence-corrected chi connectivity index (χ3v) is 2.62. The SMILES string of the molecule is C=CC[N@@+](C)(CCO)Cc1ccccc1. The van der Waals surface area contributed by atoms with E-state index in [1.54, 1.807) is 0 Å². The fourth-order valence-electron chi connectivity index (χ4n) is 1.81. The van der Waals surface area contributed by atoms with Crippen LogP contribution in [-0.2, 0) is 6.54 Å². The van der Waals surface area contributed by atoms with Crippen LogP contribution in [0.1, 0.15) is 5.56 Å². The van der Waals surface area contributed by atoms with E-state index < -0.39 is 0 Å². The molecule has 0 amide bonds. The van der Waals surface area contributed by atoms with Gasteiger partial charge in [0.25, 0.3) is 0 Å². The van der Waals surface area contributed by atoms with Gasteiger partial charge in [-0.15, -0.1) is 0 Å². The molecule has 0 aliphatic heterocycles. The second kappa shape index (κ2) is 5.69. The fourth-order valence-corrected chi connectivity index (χ4v) is 1.81. The minimum absolute atomic E-state index is 0.219. The molecule has 0 saturated carbocycles. The number of aliphatic hydroxyl groups is 1. The van der Waals surface area contributed by atoms with Crippen LogP contribution in [-0.4, -0.2) is 36.3 Å². The quantitative estimate of drug-likeness (QED) is 0.556. The first-order valence-electron chi connectivity index (χ1n) is 5.29. The second-order valence-corrected chi connectivity index (χ2v) is 4.18. The Kier molecular flexibility index (Phi) is 4.53. The van der Waals surface area contributed by atoms with E-state index in [1.165, 1.54) is 5.56 Å². The average Bonchev–Trinajstić information content (AvgIpc) is 2.19. The monoisotopic (exact) mass is 206 g/mol. The number of rotatable bonds is 6. The fraction of sp³-hybridized carbons (Fsp3) is 0.385. The molecule has 1 N–H and O–H groups in total. The predicted molar refractivity (Wildman–Crippen MR) is 63.3 cm³/mol. The molecule has 0 bridgehead atoms. The van der Waals surface area contributed by atoms with Gasteiger partial charge in [-0.3, -0.25) is 0 Å². The first kappa shape index (κ1) is 12.0. The molecule has 82 valence electrons. The van der Waals surface area contributed by atoms with E-state index in [0.29, 0.717) is 0 Å². The van der Waals surface area contributed by atoms with Crippen LogP contribution >= 0.6 is 0 Å². The van der Waals surface area contributed by atoms with Crippen molar-refractivity contribution in [3.05, 3.63) is 48.6 Å². The van der Waals surface area contributed by atoms with Crippen LogP contribution in [0.4, 0.5) is 0 Å². The van der Waals surface area contributed by atoms with Crippen molar-refractivity contribution < 1.29 is 9.59 Å². The van der Waals surface area contributed by atoms with Crippen molar-refractivity contribution in [3.8, 4) is 0 Å². The van der Waals surface area contributed by atoms with E-state index in [4.69, 9.17) is 5.11 Å². The first-order valence-corrected chi connectivity index (χ1v) is 5.29. The first-order chi connectivity index (χ1) is 7.20. The van der Waals surface area contributed by atoms with Crippen LogP contribution in [0.15, 0.2) is 43.0 Å². The Bertz CT molecular complexity index is 297. The zero-order chi connectivity index (χ0) is 11.1. The molecular formula is C13H20NO+. The van der Waals surface area contributed by atoms with Crippen LogP contribution in [0.3, 0.4) is 0 Å². The van der Waals surface area contributed by atoms with E-state index >= 15 is 0 Å². The summed E-state index contributed by atoms with van der Waals surface area (Å²) in [4.78, 5) is 0. The van der Waals surface area contributed by atoms with Gasteiger partial charge in [0.15, 0.2) is 0 Å². The van der Waals surface area contributed by atoms with Crippen LogP contribution in [0, 0.1) is 0 Å². The highest BCUT2D eigenvalue weighted by molar-refractivity contribution is 5.13. The summed E-state index contributed by atoms with van der Waals surface area (Å²) >= 11 is 0. The standard InChI is InChI=1S/C13H20NO/c1-3-9-14(2,10-11-15)12-13-7-5-4-6-8-13/h3-8,15H,1,9-12H2,2H3/q+1/t14-/m0/s1. The highest BCUT2D eigenvalue weighted by Crippen LogP contribution is 2.11. The molecule has 0 aromatic heterocycles. The lowest BCUT2D eigenvalue weighted by Gasteiger charge is -2.33. The maximum Gasteiger partial charge on any atom is 0.104 e. The molecule has 0 saturated heterocycles.